The highest BCUT2D eigenvalue weighted by Crippen LogP contribution is 2.41. The minimum absolute atomic E-state index is 0.390. The summed E-state index contributed by atoms with van der Waals surface area (Å²) < 4.78 is 2.19. The van der Waals surface area contributed by atoms with E-state index >= 15 is 0 Å². The van der Waals surface area contributed by atoms with Crippen LogP contribution in [0.2, 0.25) is 0 Å². The van der Waals surface area contributed by atoms with Crippen LogP contribution in [0.3, 0.4) is 0 Å². The maximum atomic E-state index is 9.84. The summed E-state index contributed by atoms with van der Waals surface area (Å²) in [6.07, 6.45) is 0. The Balaban J connectivity index is 1.26. The summed E-state index contributed by atoms with van der Waals surface area (Å²) >= 11 is 0. The van der Waals surface area contributed by atoms with Gasteiger partial charge in [0, 0.05) is 11.1 Å². The van der Waals surface area contributed by atoms with Gasteiger partial charge in [0.15, 0.2) is 5.65 Å². The number of nitrogens with zero attached hydrogens (tertiary/aromatic N) is 4. The highest BCUT2D eigenvalue weighted by molar-refractivity contribution is 5.85. The molecular formula is C30H26N5+. The summed E-state index contributed by atoms with van der Waals surface area (Å²) in [6.45, 7) is 6.06. The van der Waals surface area contributed by atoms with Crippen LogP contribution in [0, 0.1) is 18.3 Å². The van der Waals surface area contributed by atoms with Crippen molar-refractivity contribution in [1.29, 1.82) is 5.26 Å². The Hall–Kier alpha value is -4.14. The molecule has 2 aromatic heterocycles. The average Bonchev–Trinajstić information content (AvgIpc) is 3.45. The molecule has 3 heterocycles. The maximum absolute atomic E-state index is 9.84. The fourth-order valence-electron chi connectivity index (χ4n) is 6.21. The van der Waals surface area contributed by atoms with Crippen molar-refractivity contribution in [3.8, 4) is 17.2 Å². The SMILES string of the molecule is Cc1cc(N2CC[NH+](C3c4ccccc4-c4ccccc43)CC2)n2c(nc3ccccc32)c1C#N. The number of nitriles is 1. The van der Waals surface area contributed by atoms with Gasteiger partial charge in [0.1, 0.15) is 17.9 Å². The van der Waals surface area contributed by atoms with Gasteiger partial charge < -0.3 is 9.80 Å². The second-order valence-corrected chi connectivity index (χ2v) is 9.68. The topological polar surface area (TPSA) is 48.8 Å². The monoisotopic (exact) mass is 456 g/mol. The molecule has 0 spiro atoms. The van der Waals surface area contributed by atoms with E-state index in [4.69, 9.17) is 4.98 Å². The summed E-state index contributed by atoms with van der Waals surface area (Å²) in [5, 5.41) is 9.84. The largest absolute Gasteiger partial charge is 0.346 e. The number of benzene rings is 3. The van der Waals surface area contributed by atoms with Crippen molar-refractivity contribution >= 4 is 22.5 Å². The van der Waals surface area contributed by atoms with E-state index in [1.807, 2.05) is 25.1 Å². The predicted octanol–water partition coefficient (Wildman–Crippen LogP) is 4.14. The Labute approximate surface area is 204 Å². The molecule has 0 radical (unpaired) electrons. The summed E-state index contributed by atoms with van der Waals surface area (Å²) in [6, 6.07) is 30.9. The van der Waals surface area contributed by atoms with Crippen LogP contribution in [0.25, 0.3) is 27.8 Å². The molecular weight excluding hydrogens is 430 g/mol. The number of nitrogens with one attached hydrogen (secondary N) is 1. The van der Waals surface area contributed by atoms with Crippen LogP contribution in [0.1, 0.15) is 28.3 Å². The molecule has 7 rings (SSSR count). The fraction of sp³-hybridized carbons (Fsp3) is 0.200. The second kappa shape index (κ2) is 7.69. The molecule has 0 amide bonds. The number of hydrogen-bond donors (Lipinski definition) is 1. The first-order valence-electron chi connectivity index (χ1n) is 12.3. The molecule has 170 valence electrons. The van der Waals surface area contributed by atoms with E-state index in [9.17, 15) is 5.26 Å². The summed E-state index contributed by atoms with van der Waals surface area (Å²) in [7, 11) is 0. The Bertz CT molecular complexity index is 1600. The molecule has 35 heavy (non-hydrogen) atoms. The zero-order chi connectivity index (χ0) is 23.5. The third kappa shape index (κ3) is 2.94. The lowest BCUT2D eigenvalue weighted by atomic mass is 10.0. The van der Waals surface area contributed by atoms with Gasteiger partial charge in [0.25, 0.3) is 0 Å². The molecule has 5 heteroatoms. The first-order valence-corrected chi connectivity index (χ1v) is 12.3. The number of fused-ring (bicyclic) bond motifs is 6. The lowest BCUT2D eigenvalue weighted by Gasteiger charge is -2.37. The molecule has 5 aromatic rings. The maximum Gasteiger partial charge on any atom is 0.157 e. The van der Waals surface area contributed by atoms with Gasteiger partial charge in [-0.1, -0.05) is 60.7 Å². The molecule has 0 atom stereocenters. The van der Waals surface area contributed by atoms with Crippen molar-refractivity contribution in [2.45, 2.75) is 13.0 Å². The molecule has 5 nitrogen and oxygen atoms in total. The van der Waals surface area contributed by atoms with Crippen molar-refractivity contribution < 1.29 is 4.90 Å². The fourth-order valence-corrected chi connectivity index (χ4v) is 6.21. The van der Waals surface area contributed by atoms with E-state index in [1.54, 1.807) is 4.90 Å². The van der Waals surface area contributed by atoms with Crippen molar-refractivity contribution in [2.24, 2.45) is 0 Å². The van der Waals surface area contributed by atoms with Crippen LogP contribution in [0.5, 0.6) is 0 Å². The third-order valence-electron chi connectivity index (χ3n) is 7.84. The number of hydrogen-bond acceptors (Lipinski definition) is 3. The van der Waals surface area contributed by atoms with Gasteiger partial charge in [-0.05, 0) is 41.8 Å². The molecule has 3 aromatic carbocycles. The predicted molar refractivity (Wildman–Crippen MR) is 139 cm³/mol. The quantitative estimate of drug-likeness (QED) is 0.434. The number of piperazine rings is 1. The molecule has 2 aliphatic rings. The van der Waals surface area contributed by atoms with Gasteiger partial charge in [-0.25, -0.2) is 4.98 Å². The lowest BCUT2D eigenvalue weighted by molar-refractivity contribution is -0.925. The zero-order valence-electron chi connectivity index (χ0n) is 19.7. The molecule has 0 saturated carbocycles. The molecule has 0 unspecified atom stereocenters. The molecule has 1 N–H and O–H groups in total. The minimum Gasteiger partial charge on any atom is -0.346 e. The van der Waals surface area contributed by atoms with Crippen LogP contribution in [0.15, 0.2) is 78.9 Å². The molecule has 1 fully saturated rings. The van der Waals surface area contributed by atoms with Gasteiger partial charge in [0.05, 0.1) is 42.8 Å². The Morgan fingerprint density at radius 1 is 0.886 bits per heavy atom. The van der Waals surface area contributed by atoms with E-state index in [1.165, 1.54) is 22.3 Å². The Morgan fingerprint density at radius 3 is 2.20 bits per heavy atom. The summed E-state index contributed by atoms with van der Waals surface area (Å²) in [5.74, 6) is 1.14. The van der Waals surface area contributed by atoms with E-state index in [0.29, 0.717) is 11.6 Å². The Kier molecular flexibility index (Phi) is 4.45. The number of aryl methyl sites for hydroxylation is 1. The molecule has 0 bridgehead atoms. The van der Waals surface area contributed by atoms with Crippen molar-refractivity contribution in [2.75, 3.05) is 31.1 Å². The van der Waals surface area contributed by atoms with Gasteiger partial charge in [-0.3, -0.25) is 4.40 Å². The number of pyridine rings is 1. The smallest absolute Gasteiger partial charge is 0.157 e. The van der Waals surface area contributed by atoms with Gasteiger partial charge in [-0.2, -0.15) is 5.26 Å². The van der Waals surface area contributed by atoms with E-state index in [0.717, 1.165) is 54.2 Å². The van der Waals surface area contributed by atoms with Crippen LogP contribution < -0.4 is 9.80 Å². The standard InChI is InChI=1S/C30H25N5/c1-20-18-28(35-27-13-7-6-12-26(27)32-30(35)25(20)19-31)33-14-16-34(17-15-33)29-23-10-4-2-8-21(23)22-9-3-5-11-24(22)29/h2-13,18,29H,14-17H2,1H3/p+1. The van der Waals surface area contributed by atoms with Crippen molar-refractivity contribution in [3.63, 3.8) is 0 Å². The average molecular weight is 457 g/mol. The minimum atomic E-state index is 0.390. The highest BCUT2D eigenvalue weighted by Gasteiger charge is 2.37. The lowest BCUT2D eigenvalue weighted by Crippen LogP contribution is -3.15. The number of rotatable bonds is 2. The number of imidazole rings is 1. The third-order valence-corrected chi connectivity index (χ3v) is 7.84. The summed E-state index contributed by atoms with van der Waals surface area (Å²) in [5.41, 5.74) is 10.1. The van der Waals surface area contributed by atoms with Gasteiger partial charge in [-0.15, -0.1) is 0 Å². The van der Waals surface area contributed by atoms with Crippen LogP contribution in [-0.2, 0) is 0 Å². The highest BCUT2D eigenvalue weighted by atomic mass is 15.3. The van der Waals surface area contributed by atoms with Crippen molar-refractivity contribution in [3.05, 3.63) is 101 Å². The van der Waals surface area contributed by atoms with Crippen LogP contribution in [-0.4, -0.2) is 35.6 Å². The van der Waals surface area contributed by atoms with E-state index in [2.05, 4.69) is 76.0 Å². The van der Waals surface area contributed by atoms with Crippen LogP contribution in [0.4, 0.5) is 5.82 Å². The zero-order valence-corrected chi connectivity index (χ0v) is 19.7. The van der Waals surface area contributed by atoms with E-state index in [-0.39, 0.29) is 0 Å². The number of quaternary nitrogens is 1. The first-order chi connectivity index (χ1) is 17.2. The molecule has 1 aliphatic carbocycles. The second-order valence-electron chi connectivity index (χ2n) is 9.68. The first kappa shape index (κ1) is 20.3. The van der Waals surface area contributed by atoms with E-state index < -0.39 is 0 Å². The van der Waals surface area contributed by atoms with Gasteiger partial charge in [0.2, 0.25) is 0 Å². The van der Waals surface area contributed by atoms with Crippen molar-refractivity contribution in [1.82, 2.24) is 9.38 Å². The number of para-hydroxylation sites is 2. The Morgan fingerprint density at radius 2 is 1.51 bits per heavy atom. The van der Waals surface area contributed by atoms with Gasteiger partial charge >= 0.3 is 0 Å². The number of anilines is 1. The molecule has 1 aliphatic heterocycles. The normalized spacial score (nSPS) is 15.9. The molecule has 1 saturated heterocycles. The summed E-state index contributed by atoms with van der Waals surface area (Å²) in [4.78, 5) is 8.94. The number of aromatic nitrogens is 2. The van der Waals surface area contributed by atoms with Crippen LogP contribution >= 0.6 is 0 Å².